The number of nitrogens with zero attached hydrogens (tertiary/aromatic N) is 2. The Hall–Kier alpha value is -1.10. The summed E-state index contributed by atoms with van der Waals surface area (Å²) in [6.07, 6.45) is 3.32. The van der Waals surface area contributed by atoms with Gasteiger partial charge in [0.15, 0.2) is 0 Å². The van der Waals surface area contributed by atoms with E-state index >= 15 is 0 Å². The summed E-state index contributed by atoms with van der Waals surface area (Å²) >= 11 is 5.31. The number of hydrogen-bond donors (Lipinski definition) is 1. The van der Waals surface area contributed by atoms with E-state index in [4.69, 9.17) is 30.2 Å². The van der Waals surface area contributed by atoms with Gasteiger partial charge in [0.05, 0.1) is 16.2 Å². The van der Waals surface area contributed by atoms with E-state index in [1.165, 1.54) is 0 Å². The van der Waals surface area contributed by atoms with Crippen LogP contribution in [0.3, 0.4) is 0 Å². The number of phenols is 1. The molecule has 0 spiro atoms. The Bertz CT molecular complexity index is 822. The molecule has 3 rings (SSSR count). The zero-order valence-electron chi connectivity index (χ0n) is 11.7. The Morgan fingerprint density at radius 2 is 1.74 bits per heavy atom. The average molecular weight is 402 g/mol. The third-order valence-corrected chi connectivity index (χ3v) is 3.28. The van der Waals surface area contributed by atoms with Crippen LogP contribution in [0.4, 0.5) is 5.69 Å². The van der Waals surface area contributed by atoms with Gasteiger partial charge in [-0.3, -0.25) is 9.98 Å². The Morgan fingerprint density at radius 3 is 2.52 bits per heavy atom. The second kappa shape index (κ2) is 9.26. The molecular weight excluding hydrogens is 390 g/mol. The summed E-state index contributed by atoms with van der Waals surface area (Å²) in [7, 11) is 9.78. The van der Waals surface area contributed by atoms with Crippen molar-refractivity contribution in [2.75, 3.05) is 0 Å². The number of aromatic hydroxyl groups is 1. The Kier molecular flexibility index (Phi) is 7.35. The Balaban J connectivity index is 0.000000595. The van der Waals surface area contributed by atoms with Crippen LogP contribution in [0.5, 0.6) is 5.75 Å². The van der Waals surface area contributed by atoms with Gasteiger partial charge in [0, 0.05) is 23.4 Å². The van der Waals surface area contributed by atoms with Gasteiger partial charge in [-0.05, 0) is 24.3 Å². The van der Waals surface area contributed by atoms with Crippen molar-refractivity contribution in [3.05, 3.63) is 65.3 Å². The Labute approximate surface area is 155 Å². The number of para-hydroxylation sites is 2. The molecule has 0 saturated carbocycles. The fourth-order valence-corrected chi connectivity index (χ4v) is 2.15. The molecule has 0 atom stereocenters. The molecule has 0 aliphatic rings. The first kappa shape index (κ1) is 18.2. The molecule has 0 saturated heterocycles. The van der Waals surface area contributed by atoms with Gasteiger partial charge in [0.1, 0.15) is 5.75 Å². The van der Waals surface area contributed by atoms with Crippen LogP contribution >= 0.6 is 30.2 Å². The van der Waals surface area contributed by atoms with Gasteiger partial charge < -0.3 is 5.11 Å². The van der Waals surface area contributed by atoms with Crippen molar-refractivity contribution in [1.82, 2.24) is 4.98 Å². The van der Waals surface area contributed by atoms with E-state index in [2.05, 4.69) is 9.98 Å². The predicted molar refractivity (Wildman–Crippen MR) is 93.8 cm³/mol. The molecule has 0 radical (unpaired) electrons. The van der Waals surface area contributed by atoms with E-state index in [1.54, 1.807) is 30.6 Å². The van der Waals surface area contributed by atoms with Gasteiger partial charge in [-0.15, -0.1) is 0 Å². The number of halogens is 3. The molecular formula is C16H11Cl3N2OTi. The number of phenolic OH excluding ortho intramolecular Hbond substituents is 1. The number of rotatable bonds is 2. The number of pyridine rings is 1. The molecule has 23 heavy (non-hydrogen) atoms. The Morgan fingerprint density at radius 1 is 1.04 bits per heavy atom. The van der Waals surface area contributed by atoms with E-state index in [-0.39, 0.29) is 5.75 Å². The summed E-state index contributed by atoms with van der Waals surface area (Å²) in [4.78, 5) is 8.73. The van der Waals surface area contributed by atoms with Crippen LogP contribution < -0.4 is 0 Å². The van der Waals surface area contributed by atoms with Crippen LogP contribution in [-0.4, -0.2) is 16.3 Å². The molecule has 116 valence electrons. The molecule has 1 aromatic heterocycles. The molecule has 3 aromatic rings. The zero-order valence-corrected chi connectivity index (χ0v) is 15.6. The SMILES string of the molecule is Oc1c(Cl)cccc1C=Nc1cccc2cccnc12.[Cl][Ti][Cl]. The summed E-state index contributed by atoms with van der Waals surface area (Å²) in [5, 5.41) is 11.2. The average Bonchev–Trinajstić information content (AvgIpc) is 2.57. The second-order valence-corrected chi connectivity index (χ2v) is 7.35. The van der Waals surface area contributed by atoms with Gasteiger partial charge in [-0.2, -0.15) is 0 Å². The number of aromatic nitrogens is 1. The summed E-state index contributed by atoms with van der Waals surface area (Å²) in [5.41, 5.74) is 2.15. The summed E-state index contributed by atoms with van der Waals surface area (Å²) in [6.45, 7) is 0. The van der Waals surface area contributed by atoms with Crippen molar-refractivity contribution in [2.24, 2.45) is 4.99 Å². The molecule has 1 heterocycles. The molecule has 0 fully saturated rings. The van der Waals surface area contributed by atoms with E-state index in [0.717, 1.165) is 16.6 Å². The number of hydrogen-bond acceptors (Lipinski definition) is 3. The summed E-state index contributed by atoms with van der Waals surface area (Å²) in [5.74, 6) is 0.0334. The molecule has 7 heteroatoms. The molecule has 0 amide bonds. The van der Waals surface area contributed by atoms with Gasteiger partial charge in [0.25, 0.3) is 0 Å². The normalized spacial score (nSPS) is 10.4. The fourth-order valence-electron chi connectivity index (χ4n) is 1.97. The van der Waals surface area contributed by atoms with E-state index in [0.29, 0.717) is 10.6 Å². The molecule has 2 aromatic carbocycles. The van der Waals surface area contributed by atoms with Crippen molar-refractivity contribution in [3.63, 3.8) is 0 Å². The maximum atomic E-state index is 9.85. The first-order valence-corrected chi connectivity index (χ1v) is 11.2. The van der Waals surface area contributed by atoms with Gasteiger partial charge in [0.2, 0.25) is 0 Å². The standard InChI is InChI=1S/C16H11ClN2O.2ClH.Ti/c17-13-7-1-5-12(16(13)20)10-19-14-8-2-4-11-6-3-9-18-15(11)14;;;/h1-10,20H;2*1H;/q;;;+2/p-2. The maximum absolute atomic E-state index is 9.85. The number of benzene rings is 2. The van der Waals surface area contributed by atoms with Gasteiger partial charge in [-0.1, -0.05) is 35.9 Å². The van der Waals surface area contributed by atoms with Crippen LogP contribution in [0.1, 0.15) is 5.56 Å². The van der Waals surface area contributed by atoms with Crippen LogP contribution in [0.25, 0.3) is 10.9 Å². The topological polar surface area (TPSA) is 45.5 Å². The van der Waals surface area contributed by atoms with Gasteiger partial charge in [-0.25, -0.2) is 0 Å². The van der Waals surface area contributed by atoms with Crippen molar-refractivity contribution < 1.29 is 22.1 Å². The van der Waals surface area contributed by atoms with Crippen LogP contribution in [0, 0.1) is 0 Å². The summed E-state index contributed by atoms with van der Waals surface area (Å²) < 4.78 is 0. The monoisotopic (exact) mass is 400 g/mol. The van der Waals surface area contributed by atoms with Crippen molar-refractivity contribution in [2.45, 2.75) is 0 Å². The van der Waals surface area contributed by atoms with Crippen molar-refractivity contribution in [1.29, 1.82) is 0 Å². The molecule has 0 aliphatic carbocycles. The third-order valence-electron chi connectivity index (χ3n) is 2.97. The third kappa shape index (κ3) is 4.94. The zero-order chi connectivity index (χ0) is 16.7. The minimum absolute atomic E-state index is 0.0334. The first-order chi connectivity index (χ1) is 11.2. The molecule has 3 nitrogen and oxygen atoms in total. The fraction of sp³-hybridized carbons (Fsp3) is 0. The van der Waals surface area contributed by atoms with Gasteiger partial charge >= 0.3 is 35.6 Å². The molecule has 1 N–H and O–H groups in total. The van der Waals surface area contributed by atoms with Crippen LogP contribution in [-0.2, 0) is 17.0 Å². The van der Waals surface area contributed by atoms with E-state index in [9.17, 15) is 5.11 Å². The van der Waals surface area contributed by atoms with Crippen molar-refractivity contribution >= 4 is 53.0 Å². The molecule has 0 aliphatic heterocycles. The number of fused-ring (bicyclic) bond motifs is 1. The summed E-state index contributed by atoms with van der Waals surface area (Å²) in [6, 6.07) is 14.8. The van der Waals surface area contributed by atoms with E-state index < -0.39 is 17.0 Å². The predicted octanol–water partition coefficient (Wildman–Crippen LogP) is 5.72. The second-order valence-electron chi connectivity index (χ2n) is 4.36. The minimum atomic E-state index is -0.556. The van der Waals surface area contributed by atoms with Crippen molar-refractivity contribution in [3.8, 4) is 5.75 Å². The van der Waals surface area contributed by atoms with Crippen LogP contribution in [0.15, 0.2) is 59.7 Å². The molecule has 0 unspecified atom stereocenters. The van der Waals surface area contributed by atoms with Crippen LogP contribution in [0.2, 0.25) is 5.02 Å². The molecule has 0 bridgehead atoms. The number of aliphatic imine (C=N–C) groups is 1. The van der Waals surface area contributed by atoms with E-state index in [1.807, 2.05) is 30.3 Å². The first-order valence-electron chi connectivity index (χ1n) is 6.49. The quantitative estimate of drug-likeness (QED) is 0.441.